The van der Waals surface area contributed by atoms with Gasteiger partial charge in [-0.15, -0.1) is 0 Å². The molecule has 0 radical (unpaired) electrons. The van der Waals surface area contributed by atoms with Crippen LogP contribution in [0.25, 0.3) is 6.08 Å². The van der Waals surface area contributed by atoms with Crippen molar-refractivity contribution in [1.82, 2.24) is 9.80 Å². The Morgan fingerprint density at radius 3 is 2.69 bits per heavy atom. The van der Waals surface area contributed by atoms with Crippen LogP contribution in [0.1, 0.15) is 24.8 Å². The third kappa shape index (κ3) is 4.90. The molecule has 0 saturated carbocycles. The Labute approximate surface area is 173 Å². The number of methoxy groups -OCH3 is 1. The van der Waals surface area contributed by atoms with E-state index in [4.69, 9.17) is 14.7 Å². The van der Waals surface area contributed by atoms with Gasteiger partial charge in [-0.05, 0) is 54.8 Å². The number of thioether (sulfide) groups is 1. The smallest absolute Gasteiger partial charge is 0.294 e. The van der Waals surface area contributed by atoms with E-state index in [-0.39, 0.29) is 24.0 Å². The lowest BCUT2D eigenvalue weighted by atomic mass is 10.1. The molecule has 3 rings (SSSR count). The van der Waals surface area contributed by atoms with Gasteiger partial charge in [0.2, 0.25) is 5.91 Å². The SMILES string of the molecule is COc1cc(/C=C2\SC(=O)N(CC(=O)N3CCCCC3)C2=O)ccc1OCC#N. The maximum absolute atomic E-state index is 12.7. The second kappa shape index (κ2) is 9.47. The molecule has 152 valence electrons. The Morgan fingerprint density at radius 2 is 2.00 bits per heavy atom. The number of carbonyl (C=O) groups excluding carboxylic acids is 3. The van der Waals surface area contributed by atoms with Crippen LogP contribution in [0.3, 0.4) is 0 Å². The number of carbonyl (C=O) groups is 3. The molecule has 0 aromatic heterocycles. The molecule has 9 heteroatoms. The number of likely N-dealkylation sites (tertiary alicyclic amines) is 1. The molecule has 1 aromatic rings. The van der Waals surface area contributed by atoms with Crippen LogP contribution < -0.4 is 9.47 Å². The fraction of sp³-hybridized carbons (Fsp3) is 0.400. The largest absolute Gasteiger partial charge is 0.493 e. The van der Waals surface area contributed by atoms with Crippen molar-refractivity contribution < 1.29 is 23.9 Å². The number of hydrogen-bond donors (Lipinski definition) is 0. The van der Waals surface area contributed by atoms with Gasteiger partial charge in [-0.1, -0.05) is 6.07 Å². The van der Waals surface area contributed by atoms with E-state index in [2.05, 4.69) is 0 Å². The van der Waals surface area contributed by atoms with Crippen molar-refractivity contribution in [1.29, 1.82) is 5.26 Å². The molecular weight excluding hydrogens is 394 g/mol. The number of hydrogen-bond acceptors (Lipinski definition) is 7. The highest BCUT2D eigenvalue weighted by atomic mass is 32.2. The molecule has 3 amide bonds. The molecule has 2 aliphatic rings. The van der Waals surface area contributed by atoms with Crippen LogP contribution in [0.15, 0.2) is 23.1 Å². The average molecular weight is 415 g/mol. The summed E-state index contributed by atoms with van der Waals surface area (Å²) in [6, 6.07) is 6.86. The molecule has 2 saturated heterocycles. The highest BCUT2D eigenvalue weighted by molar-refractivity contribution is 8.18. The summed E-state index contributed by atoms with van der Waals surface area (Å²) >= 11 is 0.809. The summed E-state index contributed by atoms with van der Waals surface area (Å²) in [5, 5.41) is 8.18. The minimum atomic E-state index is -0.478. The first-order chi connectivity index (χ1) is 14.0. The number of imide groups is 1. The Morgan fingerprint density at radius 1 is 1.24 bits per heavy atom. The molecule has 0 atom stereocenters. The van der Waals surface area contributed by atoms with Gasteiger partial charge in [0.25, 0.3) is 11.1 Å². The topological polar surface area (TPSA) is 99.9 Å². The lowest BCUT2D eigenvalue weighted by Crippen LogP contribution is -2.44. The van der Waals surface area contributed by atoms with Crippen LogP contribution in [0.5, 0.6) is 11.5 Å². The normalized spacial score (nSPS) is 18.1. The highest BCUT2D eigenvalue weighted by Gasteiger charge is 2.37. The maximum Gasteiger partial charge on any atom is 0.294 e. The number of ether oxygens (including phenoxy) is 2. The Kier molecular flexibility index (Phi) is 6.77. The fourth-order valence-electron chi connectivity index (χ4n) is 3.17. The number of rotatable bonds is 6. The molecule has 2 aliphatic heterocycles. The molecule has 2 fully saturated rings. The lowest BCUT2D eigenvalue weighted by molar-refractivity contribution is -0.136. The minimum absolute atomic E-state index is 0.111. The zero-order valence-electron chi connectivity index (χ0n) is 16.1. The molecule has 0 aliphatic carbocycles. The second-order valence-corrected chi connectivity index (χ2v) is 7.56. The highest BCUT2D eigenvalue weighted by Crippen LogP contribution is 2.34. The van der Waals surface area contributed by atoms with Crippen molar-refractivity contribution in [3.05, 3.63) is 28.7 Å². The summed E-state index contributed by atoms with van der Waals surface area (Å²) in [7, 11) is 1.47. The number of nitrogens with zero attached hydrogens (tertiary/aromatic N) is 3. The monoisotopic (exact) mass is 415 g/mol. The fourth-order valence-corrected chi connectivity index (χ4v) is 4.01. The molecule has 29 heavy (non-hydrogen) atoms. The van der Waals surface area contributed by atoms with E-state index in [9.17, 15) is 14.4 Å². The summed E-state index contributed by atoms with van der Waals surface area (Å²) < 4.78 is 10.5. The third-order valence-corrected chi connectivity index (χ3v) is 5.56. The van der Waals surface area contributed by atoms with Crippen LogP contribution >= 0.6 is 11.8 Å². The molecular formula is C20H21N3O5S. The first kappa shape index (κ1) is 20.7. The van der Waals surface area contributed by atoms with Gasteiger partial charge in [0, 0.05) is 13.1 Å². The van der Waals surface area contributed by atoms with Gasteiger partial charge in [0.05, 0.1) is 12.0 Å². The summed E-state index contributed by atoms with van der Waals surface area (Å²) in [5.74, 6) is 0.142. The summed E-state index contributed by atoms with van der Waals surface area (Å²) in [4.78, 5) is 40.3. The van der Waals surface area contributed by atoms with Crippen molar-refractivity contribution >= 4 is 34.9 Å². The van der Waals surface area contributed by atoms with Gasteiger partial charge in [-0.25, -0.2) is 0 Å². The Balaban J connectivity index is 1.72. The van der Waals surface area contributed by atoms with Crippen molar-refractivity contribution in [3.8, 4) is 17.6 Å². The number of benzene rings is 1. The zero-order chi connectivity index (χ0) is 20.8. The van der Waals surface area contributed by atoms with E-state index in [0.29, 0.717) is 30.2 Å². The van der Waals surface area contributed by atoms with E-state index in [0.717, 1.165) is 35.9 Å². The van der Waals surface area contributed by atoms with Gasteiger partial charge in [0.15, 0.2) is 18.1 Å². The van der Waals surface area contributed by atoms with Gasteiger partial charge in [-0.3, -0.25) is 19.3 Å². The van der Waals surface area contributed by atoms with Crippen molar-refractivity contribution in [2.45, 2.75) is 19.3 Å². The van der Waals surface area contributed by atoms with Gasteiger partial charge >= 0.3 is 0 Å². The van der Waals surface area contributed by atoms with Crippen LogP contribution in [-0.2, 0) is 9.59 Å². The molecule has 0 N–H and O–H groups in total. The van der Waals surface area contributed by atoms with Crippen LogP contribution in [-0.4, -0.2) is 60.2 Å². The molecule has 2 heterocycles. The summed E-state index contributed by atoms with van der Waals surface area (Å²) in [6.45, 7) is 1.00. The van der Waals surface area contributed by atoms with E-state index in [1.807, 2.05) is 6.07 Å². The molecule has 1 aromatic carbocycles. The van der Waals surface area contributed by atoms with Crippen LogP contribution in [0, 0.1) is 11.3 Å². The van der Waals surface area contributed by atoms with Gasteiger partial charge in [0.1, 0.15) is 12.6 Å². The Hall–Kier alpha value is -2.99. The molecule has 8 nitrogen and oxygen atoms in total. The van der Waals surface area contributed by atoms with E-state index >= 15 is 0 Å². The van der Waals surface area contributed by atoms with E-state index in [1.54, 1.807) is 29.2 Å². The first-order valence-corrected chi connectivity index (χ1v) is 10.1. The summed E-state index contributed by atoms with van der Waals surface area (Å²) in [6.07, 6.45) is 4.57. The quantitative estimate of drug-likeness (QED) is 0.659. The molecule has 0 spiro atoms. The molecule has 0 unspecified atom stereocenters. The van der Waals surface area contributed by atoms with Crippen molar-refractivity contribution in [2.24, 2.45) is 0 Å². The van der Waals surface area contributed by atoms with Crippen molar-refractivity contribution in [2.75, 3.05) is 33.4 Å². The Bertz CT molecular complexity index is 887. The number of piperidine rings is 1. The predicted octanol–water partition coefficient (Wildman–Crippen LogP) is 2.65. The third-order valence-electron chi connectivity index (χ3n) is 4.65. The standard InChI is InChI=1S/C20H21N3O5S/c1-27-16-11-14(5-6-15(16)28-10-7-21)12-17-19(25)23(20(26)29-17)13-18(24)22-8-3-2-4-9-22/h5-6,11-12H,2-4,8-10,13H2,1H3/b17-12-. The predicted molar refractivity (Wildman–Crippen MR) is 107 cm³/mol. The number of nitriles is 1. The summed E-state index contributed by atoms with van der Waals surface area (Å²) in [5.41, 5.74) is 0.638. The second-order valence-electron chi connectivity index (χ2n) is 6.57. The lowest BCUT2D eigenvalue weighted by Gasteiger charge is -2.27. The van der Waals surface area contributed by atoms with E-state index in [1.165, 1.54) is 7.11 Å². The average Bonchev–Trinajstić information content (AvgIpc) is 3.00. The van der Waals surface area contributed by atoms with Gasteiger partial charge < -0.3 is 14.4 Å². The van der Waals surface area contributed by atoms with Crippen molar-refractivity contribution in [3.63, 3.8) is 0 Å². The van der Waals surface area contributed by atoms with Gasteiger partial charge in [-0.2, -0.15) is 5.26 Å². The number of amides is 3. The zero-order valence-corrected chi connectivity index (χ0v) is 16.9. The minimum Gasteiger partial charge on any atom is -0.493 e. The van der Waals surface area contributed by atoms with E-state index < -0.39 is 11.1 Å². The first-order valence-electron chi connectivity index (χ1n) is 9.24. The molecule has 0 bridgehead atoms. The van der Waals surface area contributed by atoms with Crippen LogP contribution in [0.2, 0.25) is 0 Å². The maximum atomic E-state index is 12.7. The van der Waals surface area contributed by atoms with Crippen LogP contribution in [0.4, 0.5) is 4.79 Å².